The van der Waals surface area contributed by atoms with E-state index in [-0.39, 0.29) is 50.4 Å². The molecule has 1 aliphatic heterocycles. The van der Waals surface area contributed by atoms with Gasteiger partial charge in [0.1, 0.15) is 18.8 Å². The van der Waals surface area contributed by atoms with Gasteiger partial charge in [-0.3, -0.25) is 14.4 Å². The number of nitrogens with one attached hydrogen (secondary N) is 2. The summed E-state index contributed by atoms with van der Waals surface area (Å²) in [4.78, 5) is 44.5. The molecule has 0 aromatic carbocycles. The fourth-order valence-corrected chi connectivity index (χ4v) is 3.54. The zero-order chi connectivity index (χ0) is 19.6. The maximum absolute atomic E-state index is 12.4. The number of nitrogens with two attached hydrogens (primary N) is 1. The number of carbonyl (C=O) groups is 3. The molecule has 1 aliphatic rings. The largest absolute Gasteiger partial charge is 1.00 e. The number of anilines is 1. The second-order valence-corrected chi connectivity index (χ2v) is 6.93. The Kier molecular flexibility index (Phi) is 7.70. The number of likely N-dealkylation sites (N-methyl/N-ethyl adjacent to an activating group) is 1. The van der Waals surface area contributed by atoms with Crippen molar-refractivity contribution in [2.24, 2.45) is 5.16 Å². The van der Waals surface area contributed by atoms with Gasteiger partial charge in [0.25, 0.3) is 11.8 Å². The van der Waals surface area contributed by atoms with Crippen molar-refractivity contribution in [1.82, 2.24) is 19.9 Å². The number of β-lactam (4-membered cyclic amide) rings is 1. The molecule has 16 heteroatoms. The fraction of sp³-hybridized carbons (Fsp3) is 0.364. The van der Waals surface area contributed by atoms with Crippen LogP contribution in [0.1, 0.15) is 5.69 Å². The molecular weight excluding hydrogens is 415 g/mol. The van der Waals surface area contributed by atoms with Crippen molar-refractivity contribution < 1.29 is 61.7 Å². The molecule has 1 saturated heterocycles. The third kappa shape index (κ3) is 4.74. The van der Waals surface area contributed by atoms with Crippen LogP contribution in [0, 0.1) is 0 Å². The van der Waals surface area contributed by atoms with Crippen molar-refractivity contribution in [3.05, 3.63) is 11.1 Å². The quantitative estimate of drug-likeness (QED) is 0.130. The maximum atomic E-state index is 12.4. The van der Waals surface area contributed by atoms with E-state index < -0.39 is 40.1 Å². The smallest absolute Gasteiger partial charge is 0.731 e. The van der Waals surface area contributed by atoms with E-state index in [1.807, 2.05) is 0 Å². The fourth-order valence-electron chi connectivity index (χ4n) is 2.16. The van der Waals surface area contributed by atoms with Crippen molar-refractivity contribution in [2.75, 3.05) is 19.9 Å². The van der Waals surface area contributed by atoms with Crippen molar-refractivity contribution >= 4 is 50.2 Å². The number of hydrogen-bond donors (Lipinski definition) is 3. The van der Waals surface area contributed by atoms with Crippen LogP contribution in [-0.4, -0.2) is 71.9 Å². The summed E-state index contributed by atoms with van der Waals surface area (Å²) in [6.07, 6.45) is 0. The van der Waals surface area contributed by atoms with Gasteiger partial charge in [0.15, 0.2) is 27.2 Å². The SMILES string of the molecule is CNC(=O)[C@H]1[C@@H](NC(=O)C(=NOC)c2csc(N)n2)C(=O)N1S(=O)(=O)[O-].[Na+]. The van der Waals surface area contributed by atoms with Gasteiger partial charge < -0.3 is 25.8 Å². The molecule has 2 atom stereocenters. The summed E-state index contributed by atoms with van der Waals surface area (Å²) in [5, 5.41) is 9.29. The van der Waals surface area contributed by atoms with Crippen molar-refractivity contribution in [3.8, 4) is 0 Å². The summed E-state index contributed by atoms with van der Waals surface area (Å²) in [6.45, 7) is 0. The summed E-state index contributed by atoms with van der Waals surface area (Å²) in [6, 6.07) is -3.30. The Labute approximate surface area is 179 Å². The zero-order valence-electron chi connectivity index (χ0n) is 14.3. The first-order chi connectivity index (χ1) is 12.1. The van der Waals surface area contributed by atoms with Crippen molar-refractivity contribution in [1.29, 1.82) is 0 Å². The molecule has 2 heterocycles. The molecule has 0 unspecified atom stereocenters. The van der Waals surface area contributed by atoms with Gasteiger partial charge in [-0.2, -0.15) is 0 Å². The van der Waals surface area contributed by atoms with Crippen LogP contribution in [-0.2, 0) is 29.5 Å². The predicted molar refractivity (Wildman–Crippen MR) is 86.4 cm³/mol. The van der Waals surface area contributed by atoms with Gasteiger partial charge in [0.2, 0.25) is 5.91 Å². The number of nitrogen functional groups attached to an aromatic ring is 1. The first-order valence-electron chi connectivity index (χ1n) is 6.75. The standard InChI is InChI=1S/C11H14N6O7S2.Na/c1-13-9(19)7-6(10(20)17(7)26(21,22)23)15-8(18)5(16-24-2)4-3-25-11(12)14-4;/h3,6-7H,1-2H3,(H2,12,14)(H,13,19)(H,15,18)(H,21,22,23);/q;+1/p-1/t6-,7-;/m1./s1. The summed E-state index contributed by atoms with van der Waals surface area (Å²) in [7, 11) is -2.89. The van der Waals surface area contributed by atoms with E-state index in [4.69, 9.17) is 5.73 Å². The summed E-state index contributed by atoms with van der Waals surface area (Å²) >= 11 is 1.02. The summed E-state index contributed by atoms with van der Waals surface area (Å²) < 4.78 is 33.3. The summed E-state index contributed by atoms with van der Waals surface area (Å²) in [5.74, 6) is -3.18. The number of carbonyl (C=O) groups excluding carboxylic acids is 3. The van der Waals surface area contributed by atoms with Gasteiger partial charge in [-0.15, -0.1) is 11.3 Å². The van der Waals surface area contributed by atoms with E-state index in [2.05, 4.69) is 25.6 Å². The summed E-state index contributed by atoms with van der Waals surface area (Å²) in [5.41, 5.74) is 5.17. The van der Waals surface area contributed by atoms with Crippen LogP contribution in [0.15, 0.2) is 10.5 Å². The topological polar surface area (TPSA) is 196 Å². The normalized spacial score (nSPS) is 19.6. The van der Waals surface area contributed by atoms with E-state index in [0.29, 0.717) is 0 Å². The second-order valence-electron chi connectivity index (χ2n) is 4.80. The third-order valence-corrected chi connectivity index (χ3v) is 4.82. The van der Waals surface area contributed by atoms with Gasteiger partial charge in [-0.05, 0) is 0 Å². The minimum atomic E-state index is -5.23. The minimum Gasteiger partial charge on any atom is -0.731 e. The molecule has 13 nitrogen and oxygen atoms in total. The number of hydrogen-bond acceptors (Lipinski definition) is 11. The van der Waals surface area contributed by atoms with Gasteiger partial charge in [-0.1, -0.05) is 5.16 Å². The van der Waals surface area contributed by atoms with Crippen LogP contribution >= 0.6 is 11.3 Å². The van der Waals surface area contributed by atoms with Crippen LogP contribution in [0.5, 0.6) is 0 Å². The Hall–Kier alpha value is -1.78. The molecule has 0 saturated carbocycles. The minimum absolute atomic E-state index is 0. The Bertz CT molecular complexity index is 886. The van der Waals surface area contributed by atoms with Crippen LogP contribution in [0.2, 0.25) is 0 Å². The van der Waals surface area contributed by atoms with Gasteiger partial charge in [0.05, 0.1) is 0 Å². The molecule has 142 valence electrons. The van der Waals surface area contributed by atoms with E-state index in [1.165, 1.54) is 12.4 Å². The molecule has 27 heavy (non-hydrogen) atoms. The molecule has 4 N–H and O–H groups in total. The van der Waals surface area contributed by atoms with E-state index in [1.54, 1.807) is 0 Å². The Balaban J connectivity index is 0.00000364. The molecule has 1 aromatic heterocycles. The monoisotopic (exact) mass is 428 g/mol. The van der Waals surface area contributed by atoms with Crippen molar-refractivity contribution in [3.63, 3.8) is 0 Å². The first-order valence-corrected chi connectivity index (χ1v) is 9.00. The second kappa shape index (κ2) is 8.94. The van der Waals surface area contributed by atoms with Gasteiger partial charge in [0, 0.05) is 12.4 Å². The maximum Gasteiger partial charge on any atom is 1.00 e. The zero-order valence-corrected chi connectivity index (χ0v) is 18.0. The van der Waals surface area contributed by atoms with Crippen LogP contribution in [0.25, 0.3) is 0 Å². The van der Waals surface area contributed by atoms with Crippen LogP contribution in [0.3, 0.4) is 0 Å². The molecule has 1 aromatic rings. The average Bonchev–Trinajstić information content (AvgIpc) is 2.98. The van der Waals surface area contributed by atoms with E-state index in [9.17, 15) is 27.4 Å². The van der Waals surface area contributed by atoms with Gasteiger partial charge in [-0.25, -0.2) is 17.7 Å². The van der Waals surface area contributed by atoms with Gasteiger partial charge >= 0.3 is 29.6 Å². The molecule has 0 aliphatic carbocycles. The molecule has 0 bridgehead atoms. The van der Waals surface area contributed by atoms with E-state index >= 15 is 0 Å². The number of nitrogens with zero attached hydrogens (tertiary/aromatic N) is 3. The van der Waals surface area contributed by atoms with Crippen LogP contribution in [0.4, 0.5) is 5.13 Å². The number of thiazole rings is 1. The molecule has 3 amide bonds. The first kappa shape index (κ1) is 23.3. The molecule has 0 radical (unpaired) electrons. The number of amides is 3. The Morgan fingerprint density at radius 3 is 2.56 bits per heavy atom. The number of oxime groups is 1. The van der Waals surface area contributed by atoms with Crippen LogP contribution < -0.4 is 45.9 Å². The van der Waals surface area contributed by atoms with Crippen molar-refractivity contribution in [2.45, 2.75) is 12.1 Å². The predicted octanol–water partition coefficient (Wildman–Crippen LogP) is -6.02. The average molecular weight is 428 g/mol. The Morgan fingerprint density at radius 1 is 1.48 bits per heavy atom. The molecule has 0 spiro atoms. The third-order valence-electron chi connectivity index (χ3n) is 3.26. The molecular formula is C11H13N6NaO7S2. The number of aromatic nitrogens is 1. The molecule has 1 fully saturated rings. The van der Waals surface area contributed by atoms with E-state index in [0.717, 1.165) is 18.4 Å². The Morgan fingerprint density at radius 2 is 2.11 bits per heavy atom. The molecule has 2 rings (SSSR count). The number of rotatable bonds is 6.